The molecule has 25 heavy (non-hydrogen) atoms. The van der Waals surface area contributed by atoms with E-state index < -0.39 is 6.10 Å². The molecule has 0 fully saturated rings. The fourth-order valence-electron chi connectivity index (χ4n) is 3.34. The van der Waals surface area contributed by atoms with Crippen LogP contribution in [0.1, 0.15) is 37.6 Å². The molecule has 0 radical (unpaired) electrons. The summed E-state index contributed by atoms with van der Waals surface area (Å²) < 4.78 is 6.98. The number of nitrogens with zero attached hydrogens (tertiary/aromatic N) is 3. The molecule has 1 aliphatic heterocycles. The van der Waals surface area contributed by atoms with Gasteiger partial charge in [-0.3, -0.25) is 0 Å². The van der Waals surface area contributed by atoms with E-state index in [1.54, 1.807) is 24.6 Å². The van der Waals surface area contributed by atoms with E-state index in [2.05, 4.69) is 29.1 Å². The van der Waals surface area contributed by atoms with Gasteiger partial charge in [-0.1, -0.05) is 0 Å². The van der Waals surface area contributed by atoms with E-state index in [4.69, 9.17) is 9.72 Å². The number of aliphatic hydroxyl groups excluding tert-OH is 1. The van der Waals surface area contributed by atoms with Crippen molar-refractivity contribution in [1.82, 2.24) is 15.0 Å². The molecule has 132 valence electrons. The van der Waals surface area contributed by atoms with E-state index in [-0.39, 0.29) is 5.60 Å². The van der Waals surface area contributed by atoms with Crippen LogP contribution in [0.4, 0.5) is 5.82 Å². The van der Waals surface area contributed by atoms with Gasteiger partial charge in [0.05, 0.1) is 28.5 Å². The summed E-state index contributed by atoms with van der Waals surface area (Å²) in [6.45, 7) is 9.08. The average Bonchev–Trinajstić information content (AvgIpc) is 2.90. The Hall–Kier alpha value is -1.83. The molecule has 0 unspecified atom stereocenters. The normalized spacial score (nSPS) is 17.6. The standard InChI is InChI=1S/C18H22N4O2S/c1-9(23)6-19-16-15-14(20-8-21-16)13-11-5-18(3,4)24-7-12(11)10(2)22-17(13)25-15/h8-9,23H,5-7H2,1-4H3,(H,19,20,21)/t9-/m0/s1. The van der Waals surface area contributed by atoms with Crippen LogP contribution in [0.2, 0.25) is 0 Å². The Morgan fingerprint density at radius 1 is 1.36 bits per heavy atom. The maximum Gasteiger partial charge on any atom is 0.147 e. The molecule has 0 bridgehead atoms. The van der Waals surface area contributed by atoms with Crippen LogP contribution in [0.15, 0.2) is 6.33 Å². The van der Waals surface area contributed by atoms with Gasteiger partial charge in [0.15, 0.2) is 0 Å². The van der Waals surface area contributed by atoms with Crippen molar-refractivity contribution in [3.63, 3.8) is 0 Å². The second-order valence-corrected chi connectivity index (χ2v) is 8.29. The average molecular weight is 358 g/mol. The molecule has 2 N–H and O–H groups in total. The number of ether oxygens (including phenoxy) is 1. The molecule has 3 aromatic rings. The van der Waals surface area contributed by atoms with Crippen molar-refractivity contribution in [3.05, 3.63) is 23.1 Å². The van der Waals surface area contributed by atoms with Gasteiger partial charge in [-0.25, -0.2) is 15.0 Å². The van der Waals surface area contributed by atoms with Gasteiger partial charge < -0.3 is 15.2 Å². The lowest BCUT2D eigenvalue weighted by Gasteiger charge is -2.32. The molecule has 3 aromatic heterocycles. The third-order valence-electron chi connectivity index (χ3n) is 4.60. The van der Waals surface area contributed by atoms with Gasteiger partial charge >= 0.3 is 0 Å². The Morgan fingerprint density at radius 2 is 2.16 bits per heavy atom. The summed E-state index contributed by atoms with van der Waals surface area (Å²) in [5.41, 5.74) is 4.25. The lowest BCUT2D eigenvalue weighted by Crippen LogP contribution is -2.32. The summed E-state index contributed by atoms with van der Waals surface area (Å²) in [4.78, 5) is 14.7. The predicted molar refractivity (Wildman–Crippen MR) is 100 cm³/mol. The largest absolute Gasteiger partial charge is 0.392 e. The molecule has 0 aromatic carbocycles. The van der Waals surface area contributed by atoms with E-state index in [1.807, 2.05) is 6.92 Å². The Morgan fingerprint density at radius 3 is 2.92 bits per heavy atom. The number of fused-ring (bicyclic) bond motifs is 5. The molecule has 0 spiro atoms. The van der Waals surface area contributed by atoms with Crippen LogP contribution in [-0.4, -0.2) is 38.3 Å². The first-order valence-corrected chi connectivity index (χ1v) is 9.29. The molecule has 4 rings (SSSR count). The van der Waals surface area contributed by atoms with Gasteiger partial charge in [0.2, 0.25) is 0 Å². The molecule has 1 atom stereocenters. The highest BCUT2D eigenvalue weighted by atomic mass is 32.1. The van der Waals surface area contributed by atoms with Crippen LogP contribution < -0.4 is 5.32 Å². The summed E-state index contributed by atoms with van der Waals surface area (Å²) >= 11 is 1.61. The minimum absolute atomic E-state index is 0.192. The van der Waals surface area contributed by atoms with Crippen molar-refractivity contribution < 1.29 is 9.84 Å². The maximum atomic E-state index is 9.55. The molecule has 6 nitrogen and oxygen atoms in total. The Kier molecular flexibility index (Phi) is 3.90. The van der Waals surface area contributed by atoms with Crippen LogP contribution in [-0.2, 0) is 17.8 Å². The van der Waals surface area contributed by atoms with Gasteiger partial charge in [-0.15, -0.1) is 11.3 Å². The van der Waals surface area contributed by atoms with Gasteiger partial charge in [-0.2, -0.15) is 0 Å². The van der Waals surface area contributed by atoms with E-state index in [1.165, 1.54) is 11.1 Å². The number of anilines is 1. The van der Waals surface area contributed by atoms with E-state index in [0.717, 1.165) is 38.4 Å². The molecule has 7 heteroatoms. The molecular weight excluding hydrogens is 336 g/mol. The highest BCUT2D eigenvalue weighted by Gasteiger charge is 2.30. The van der Waals surface area contributed by atoms with Crippen molar-refractivity contribution >= 4 is 37.6 Å². The molecule has 0 saturated carbocycles. The zero-order chi connectivity index (χ0) is 17.8. The van der Waals surface area contributed by atoms with Crippen molar-refractivity contribution in [1.29, 1.82) is 0 Å². The number of pyridine rings is 1. The summed E-state index contributed by atoms with van der Waals surface area (Å²) in [5, 5.41) is 13.9. The molecule has 1 aliphatic rings. The molecule has 4 heterocycles. The number of aliphatic hydroxyl groups is 1. The first kappa shape index (κ1) is 16.6. The first-order chi connectivity index (χ1) is 11.9. The number of aromatic nitrogens is 3. The molecule has 0 amide bonds. The second kappa shape index (κ2) is 5.86. The fourth-order valence-corrected chi connectivity index (χ4v) is 4.51. The zero-order valence-electron chi connectivity index (χ0n) is 14.9. The number of hydrogen-bond donors (Lipinski definition) is 2. The Bertz CT molecular complexity index is 965. The first-order valence-electron chi connectivity index (χ1n) is 8.47. The lowest BCUT2D eigenvalue weighted by atomic mass is 9.89. The summed E-state index contributed by atoms with van der Waals surface area (Å²) in [5.74, 6) is 0.756. The van der Waals surface area contributed by atoms with Gasteiger partial charge in [0, 0.05) is 29.6 Å². The summed E-state index contributed by atoms with van der Waals surface area (Å²) in [6.07, 6.45) is 1.98. The smallest absolute Gasteiger partial charge is 0.147 e. The number of hydrogen-bond acceptors (Lipinski definition) is 7. The van der Waals surface area contributed by atoms with Crippen molar-refractivity contribution in [2.45, 2.75) is 52.4 Å². The van der Waals surface area contributed by atoms with Crippen LogP contribution in [0.5, 0.6) is 0 Å². The maximum absolute atomic E-state index is 9.55. The molecule has 0 saturated heterocycles. The van der Waals surface area contributed by atoms with Crippen molar-refractivity contribution in [2.75, 3.05) is 11.9 Å². The number of rotatable bonds is 3. The zero-order valence-corrected chi connectivity index (χ0v) is 15.7. The number of aryl methyl sites for hydroxylation is 1. The van der Waals surface area contributed by atoms with E-state index >= 15 is 0 Å². The monoisotopic (exact) mass is 358 g/mol. The van der Waals surface area contributed by atoms with Gasteiger partial charge in [0.25, 0.3) is 0 Å². The van der Waals surface area contributed by atoms with Crippen LogP contribution in [0, 0.1) is 6.92 Å². The van der Waals surface area contributed by atoms with Crippen molar-refractivity contribution in [2.24, 2.45) is 0 Å². The van der Waals surface area contributed by atoms with E-state index in [0.29, 0.717) is 13.2 Å². The van der Waals surface area contributed by atoms with Gasteiger partial charge in [-0.05, 0) is 33.3 Å². The third kappa shape index (κ3) is 2.86. The minimum Gasteiger partial charge on any atom is -0.392 e. The fraction of sp³-hybridized carbons (Fsp3) is 0.500. The topological polar surface area (TPSA) is 80.2 Å². The Labute approximate surface area is 150 Å². The highest BCUT2D eigenvalue weighted by Crippen LogP contribution is 2.41. The van der Waals surface area contributed by atoms with Crippen LogP contribution in [0.25, 0.3) is 20.4 Å². The van der Waals surface area contributed by atoms with Crippen LogP contribution in [0.3, 0.4) is 0 Å². The number of nitrogens with one attached hydrogen (secondary N) is 1. The SMILES string of the molecule is Cc1nc2sc3c(NC[C@H](C)O)ncnc3c2c2c1COC(C)(C)C2. The quantitative estimate of drug-likeness (QED) is 0.748. The summed E-state index contributed by atoms with van der Waals surface area (Å²) in [7, 11) is 0. The van der Waals surface area contributed by atoms with Crippen molar-refractivity contribution in [3.8, 4) is 0 Å². The third-order valence-corrected chi connectivity index (χ3v) is 5.68. The predicted octanol–water partition coefficient (Wildman–Crippen LogP) is 3.19. The minimum atomic E-state index is -0.439. The van der Waals surface area contributed by atoms with Gasteiger partial charge in [0.1, 0.15) is 17.0 Å². The van der Waals surface area contributed by atoms with E-state index in [9.17, 15) is 5.11 Å². The summed E-state index contributed by atoms with van der Waals surface area (Å²) in [6, 6.07) is 0. The highest BCUT2D eigenvalue weighted by molar-refractivity contribution is 7.26. The number of thiophene rings is 1. The second-order valence-electron chi connectivity index (χ2n) is 7.29. The molecular formula is C18H22N4O2S. The lowest BCUT2D eigenvalue weighted by molar-refractivity contribution is -0.0400. The van der Waals surface area contributed by atoms with Crippen LogP contribution >= 0.6 is 11.3 Å². The Balaban J connectivity index is 1.96. The molecule has 0 aliphatic carbocycles.